The van der Waals surface area contributed by atoms with Crippen LogP contribution in [-0.4, -0.2) is 49.5 Å². The Hall–Kier alpha value is -1.26. The maximum Gasteiger partial charge on any atom is 0.243 e. The maximum absolute atomic E-state index is 11.7. The molecule has 0 aromatic carbocycles. The zero-order chi connectivity index (χ0) is 16.5. The predicted octanol–water partition coefficient (Wildman–Crippen LogP) is 2.38. The molecule has 0 aliphatic heterocycles. The fourth-order valence-corrected chi connectivity index (χ4v) is 2.66. The minimum atomic E-state index is 0.0277. The van der Waals surface area contributed by atoms with E-state index >= 15 is 0 Å². The van der Waals surface area contributed by atoms with Crippen LogP contribution in [0.25, 0.3) is 0 Å². The van der Waals surface area contributed by atoms with E-state index in [-0.39, 0.29) is 12.5 Å². The number of nitrogens with zero attached hydrogens (tertiary/aromatic N) is 2. The molecule has 0 aromatic heterocycles. The highest BCUT2D eigenvalue weighted by Gasteiger charge is 2.21. The molecule has 0 spiro atoms. The van der Waals surface area contributed by atoms with Gasteiger partial charge in [0.25, 0.3) is 0 Å². The van der Waals surface area contributed by atoms with Crippen molar-refractivity contribution in [2.75, 3.05) is 20.6 Å². The van der Waals surface area contributed by atoms with Gasteiger partial charge in [-0.25, -0.2) is 4.99 Å². The van der Waals surface area contributed by atoms with E-state index in [1.54, 1.807) is 19.0 Å². The summed E-state index contributed by atoms with van der Waals surface area (Å²) in [4.78, 5) is 17.8. The Morgan fingerprint density at radius 1 is 1.23 bits per heavy atom. The molecule has 1 fully saturated rings. The summed E-state index contributed by atoms with van der Waals surface area (Å²) in [7, 11) is 3.53. The largest absolute Gasteiger partial charge is 0.354 e. The summed E-state index contributed by atoms with van der Waals surface area (Å²) < 4.78 is 0. The van der Waals surface area contributed by atoms with Gasteiger partial charge >= 0.3 is 0 Å². The molecule has 128 valence electrons. The number of likely N-dealkylation sites (N-methyl/N-ethyl adjacent to an activating group) is 1. The van der Waals surface area contributed by atoms with Crippen molar-refractivity contribution >= 4 is 11.9 Å². The Balaban J connectivity index is 2.58. The molecule has 1 amide bonds. The molecule has 1 unspecified atom stereocenters. The molecule has 1 aliphatic rings. The van der Waals surface area contributed by atoms with Crippen molar-refractivity contribution in [2.24, 2.45) is 10.9 Å². The smallest absolute Gasteiger partial charge is 0.243 e. The van der Waals surface area contributed by atoms with E-state index < -0.39 is 0 Å². The van der Waals surface area contributed by atoms with E-state index in [2.05, 4.69) is 36.4 Å². The monoisotopic (exact) mass is 310 g/mol. The molecule has 0 radical (unpaired) electrons. The first kappa shape index (κ1) is 18.8. The van der Waals surface area contributed by atoms with Crippen LogP contribution in [-0.2, 0) is 4.79 Å². The lowest BCUT2D eigenvalue weighted by atomic mass is 9.84. The van der Waals surface area contributed by atoms with Crippen molar-refractivity contribution in [2.45, 2.75) is 71.4 Å². The van der Waals surface area contributed by atoms with Gasteiger partial charge in [-0.15, -0.1) is 0 Å². The van der Waals surface area contributed by atoms with Crippen molar-refractivity contribution in [3.8, 4) is 0 Å². The van der Waals surface area contributed by atoms with Crippen LogP contribution >= 0.6 is 0 Å². The van der Waals surface area contributed by atoms with Crippen molar-refractivity contribution in [3.05, 3.63) is 0 Å². The minimum absolute atomic E-state index is 0.0277. The van der Waals surface area contributed by atoms with Gasteiger partial charge in [0.2, 0.25) is 5.91 Å². The number of aliphatic imine (C=N–C) groups is 1. The van der Waals surface area contributed by atoms with E-state index in [0.717, 1.165) is 18.3 Å². The Labute approximate surface area is 135 Å². The fourth-order valence-electron chi connectivity index (χ4n) is 2.66. The molecule has 0 aromatic rings. The van der Waals surface area contributed by atoms with E-state index in [1.165, 1.54) is 32.1 Å². The third kappa shape index (κ3) is 6.67. The van der Waals surface area contributed by atoms with Crippen molar-refractivity contribution < 1.29 is 4.79 Å². The summed E-state index contributed by atoms with van der Waals surface area (Å²) in [5, 5.41) is 6.93. The Morgan fingerprint density at radius 3 is 2.36 bits per heavy atom. The molecule has 0 heterocycles. The highest BCUT2D eigenvalue weighted by Crippen LogP contribution is 2.26. The summed E-state index contributed by atoms with van der Waals surface area (Å²) in [5.74, 6) is 1.70. The summed E-state index contributed by atoms with van der Waals surface area (Å²) >= 11 is 0. The van der Waals surface area contributed by atoms with Gasteiger partial charge in [0, 0.05) is 26.2 Å². The SMILES string of the molecule is CCC1CCC(NC(=NCC(=O)N(C)C)NC(C)CC)CC1. The number of hydrogen-bond acceptors (Lipinski definition) is 2. The second-order valence-corrected chi connectivity index (χ2v) is 6.68. The van der Waals surface area contributed by atoms with Crippen LogP contribution < -0.4 is 10.6 Å². The van der Waals surface area contributed by atoms with Gasteiger partial charge in [0.15, 0.2) is 5.96 Å². The number of rotatable bonds is 6. The van der Waals surface area contributed by atoms with Crippen LogP contribution in [0.3, 0.4) is 0 Å². The second-order valence-electron chi connectivity index (χ2n) is 6.68. The Kier molecular flexibility index (Phi) is 8.28. The molecule has 5 nitrogen and oxygen atoms in total. The number of amides is 1. The average molecular weight is 310 g/mol. The first-order valence-corrected chi connectivity index (χ1v) is 8.73. The number of carbonyl (C=O) groups is 1. The molecule has 1 saturated carbocycles. The number of nitrogens with one attached hydrogen (secondary N) is 2. The number of guanidine groups is 1. The number of hydrogen-bond donors (Lipinski definition) is 2. The van der Waals surface area contributed by atoms with Gasteiger partial charge in [-0.2, -0.15) is 0 Å². The lowest BCUT2D eigenvalue weighted by Gasteiger charge is -2.30. The molecule has 0 bridgehead atoms. The van der Waals surface area contributed by atoms with Gasteiger partial charge < -0.3 is 15.5 Å². The minimum Gasteiger partial charge on any atom is -0.354 e. The zero-order valence-corrected chi connectivity index (χ0v) is 15.0. The maximum atomic E-state index is 11.7. The summed E-state index contributed by atoms with van der Waals surface area (Å²) in [6.45, 7) is 6.76. The summed E-state index contributed by atoms with van der Waals surface area (Å²) in [6, 6.07) is 0.834. The van der Waals surface area contributed by atoms with Gasteiger partial charge in [-0.3, -0.25) is 4.79 Å². The quantitative estimate of drug-likeness (QED) is 0.585. The third-order valence-electron chi connectivity index (χ3n) is 4.63. The Bertz CT molecular complexity index is 360. The van der Waals surface area contributed by atoms with Crippen molar-refractivity contribution in [3.63, 3.8) is 0 Å². The fraction of sp³-hybridized carbons (Fsp3) is 0.882. The van der Waals surface area contributed by atoms with Crippen LogP contribution in [0.15, 0.2) is 4.99 Å². The highest BCUT2D eigenvalue weighted by molar-refractivity contribution is 5.85. The van der Waals surface area contributed by atoms with Crippen LogP contribution in [0.5, 0.6) is 0 Å². The van der Waals surface area contributed by atoms with E-state index in [1.807, 2.05) is 0 Å². The molecule has 0 saturated heterocycles. The predicted molar refractivity (Wildman–Crippen MR) is 93.1 cm³/mol. The lowest BCUT2D eigenvalue weighted by molar-refractivity contribution is -0.127. The van der Waals surface area contributed by atoms with Crippen LogP contribution in [0.1, 0.15) is 59.3 Å². The van der Waals surface area contributed by atoms with E-state index in [9.17, 15) is 4.79 Å². The standard InChI is InChI=1S/C17H34N4O/c1-6-13(3)19-17(18-12-16(22)21(4)5)20-15-10-8-14(7-2)9-11-15/h13-15H,6-12H2,1-5H3,(H2,18,19,20). The molecule has 5 heteroatoms. The zero-order valence-electron chi connectivity index (χ0n) is 15.0. The van der Waals surface area contributed by atoms with Crippen LogP contribution in [0.4, 0.5) is 0 Å². The van der Waals surface area contributed by atoms with Gasteiger partial charge in [-0.05, 0) is 44.9 Å². The normalized spacial score (nSPS) is 23.8. The van der Waals surface area contributed by atoms with Crippen LogP contribution in [0, 0.1) is 5.92 Å². The first-order valence-electron chi connectivity index (χ1n) is 8.73. The summed E-state index contributed by atoms with van der Waals surface area (Å²) in [6.07, 6.45) is 7.30. The van der Waals surface area contributed by atoms with E-state index in [4.69, 9.17) is 0 Å². The molecule has 22 heavy (non-hydrogen) atoms. The van der Waals surface area contributed by atoms with Gasteiger partial charge in [-0.1, -0.05) is 20.3 Å². The first-order chi connectivity index (χ1) is 10.5. The molecular weight excluding hydrogens is 276 g/mol. The topological polar surface area (TPSA) is 56.7 Å². The summed E-state index contributed by atoms with van der Waals surface area (Å²) in [5.41, 5.74) is 0. The van der Waals surface area contributed by atoms with Crippen LogP contribution in [0.2, 0.25) is 0 Å². The van der Waals surface area contributed by atoms with Crippen molar-refractivity contribution in [1.29, 1.82) is 0 Å². The second kappa shape index (κ2) is 9.70. The Morgan fingerprint density at radius 2 is 1.86 bits per heavy atom. The molecule has 1 rings (SSSR count). The lowest BCUT2D eigenvalue weighted by Crippen LogP contribution is -2.48. The third-order valence-corrected chi connectivity index (χ3v) is 4.63. The van der Waals surface area contributed by atoms with Gasteiger partial charge in [0.1, 0.15) is 6.54 Å². The highest BCUT2D eigenvalue weighted by atomic mass is 16.2. The van der Waals surface area contributed by atoms with Gasteiger partial charge in [0.05, 0.1) is 0 Å². The number of carbonyl (C=O) groups excluding carboxylic acids is 1. The van der Waals surface area contributed by atoms with E-state index in [0.29, 0.717) is 12.1 Å². The molecule has 2 N–H and O–H groups in total. The molecular formula is C17H34N4O. The molecule has 1 atom stereocenters. The van der Waals surface area contributed by atoms with Crippen molar-refractivity contribution in [1.82, 2.24) is 15.5 Å². The molecule has 1 aliphatic carbocycles. The average Bonchev–Trinajstić information content (AvgIpc) is 2.52.